The van der Waals surface area contributed by atoms with Crippen LogP contribution >= 0.6 is 35.7 Å². The first-order valence-corrected chi connectivity index (χ1v) is 12.7. The van der Waals surface area contributed by atoms with Crippen molar-refractivity contribution in [1.29, 1.82) is 0 Å². The molecule has 1 aromatic carbocycles. The molecular formula is C23H29NO2S3. The van der Waals surface area contributed by atoms with Gasteiger partial charge in [0, 0.05) is 11.8 Å². The molecule has 0 spiro atoms. The van der Waals surface area contributed by atoms with Crippen molar-refractivity contribution in [2.45, 2.75) is 79.7 Å². The number of carbonyl (C=O) groups excluding carboxylic acids is 1. The van der Waals surface area contributed by atoms with E-state index in [0.29, 0.717) is 18.9 Å². The van der Waals surface area contributed by atoms with Crippen LogP contribution in [0.25, 0.3) is 10.9 Å². The molecule has 1 aliphatic heterocycles. The molecule has 1 saturated carbocycles. The Bertz CT molecular complexity index is 990. The second-order valence-electron chi connectivity index (χ2n) is 8.45. The Kier molecular flexibility index (Phi) is 6.33. The molecule has 0 radical (unpaired) electrons. The zero-order valence-electron chi connectivity index (χ0n) is 17.5. The van der Waals surface area contributed by atoms with Gasteiger partial charge in [-0.15, -0.1) is 11.8 Å². The first-order chi connectivity index (χ1) is 13.9. The van der Waals surface area contributed by atoms with Crippen LogP contribution < -0.4 is 4.74 Å². The van der Waals surface area contributed by atoms with Gasteiger partial charge in [-0.3, -0.25) is 9.36 Å². The van der Waals surface area contributed by atoms with E-state index in [4.69, 9.17) is 17.0 Å². The second-order valence-corrected chi connectivity index (χ2v) is 12.4. The Balaban J connectivity index is 1.76. The van der Waals surface area contributed by atoms with Gasteiger partial charge in [-0.05, 0) is 51.3 Å². The van der Waals surface area contributed by atoms with Crippen molar-refractivity contribution in [1.82, 2.24) is 4.57 Å². The number of pyridine rings is 1. The van der Waals surface area contributed by atoms with Crippen LogP contribution in [0, 0.1) is 10.4 Å². The molecule has 0 amide bonds. The highest BCUT2D eigenvalue weighted by atomic mass is 32.2. The minimum Gasteiger partial charge on any atom is -0.494 e. The molecule has 1 aliphatic carbocycles. The zero-order chi connectivity index (χ0) is 20.6. The van der Waals surface area contributed by atoms with E-state index < -0.39 is 0 Å². The molecular weight excluding hydrogens is 418 g/mol. The number of benzene rings is 1. The number of hydrogen-bond donors (Lipinski definition) is 0. The van der Waals surface area contributed by atoms with E-state index in [9.17, 15) is 4.79 Å². The van der Waals surface area contributed by atoms with Gasteiger partial charge in [-0.25, -0.2) is 0 Å². The van der Waals surface area contributed by atoms with Crippen LogP contribution in [0.15, 0.2) is 28.1 Å². The lowest BCUT2D eigenvalue weighted by Gasteiger charge is -2.22. The summed E-state index contributed by atoms with van der Waals surface area (Å²) in [6.45, 7) is 6.99. The zero-order valence-corrected chi connectivity index (χ0v) is 19.9. The molecule has 0 saturated heterocycles. The molecule has 1 aromatic heterocycles. The molecule has 156 valence electrons. The van der Waals surface area contributed by atoms with Gasteiger partial charge in [0.05, 0.1) is 30.6 Å². The van der Waals surface area contributed by atoms with Gasteiger partial charge in [0.2, 0.25) is 5.91 Å². The fourth-order valence-electron chi connectivity index (χ4n) is 4.42. The molecule has 6 heteroatoms. The third-order valence-corrected chi connectivity index (χ3v) is 9.15. The first kappa shape index (κ1) is 21.3. The summed E-state index contributed by atoms with van der Waals surface area (Å²) in [5.41, 5.74) is 0.914. The maximum absolute atomic E-state index is 13.5. The lowest BCUT2D eigenvalue weighted by atomic mass is 9.86. The number of aromatic nitrogens is 1. The second kappa shape index (κ2) is 8.64. The largest absolute Gasteiger partial charge is 0.494 e. The number of hydrogen-bond acceptors (Lipinski definition) is 5. The monoisotopic (exact) mass is 447 g/mol. The van der Waals surface area contributed by atoms with E-state index in [2.05, 4.69) is 13.8 Å². The van der Waals surface area contributed by atoms with E-state index in [-0.39, 0.29) is 9.99 Å². The van der Waals surface area contributed by atoms with Crippen molar-refractivity contribution in [2.75, 3.05) is 6.61 Å². The summed E-state index contributed by atoms with van der Waals surface area (Å²) in [6.07, 6.45) is 8.13. The molecule has 2 heterocycles. The van der Waals surface area contributed by atoms with Crippen LogP contribution in [0.1, 0.15) is 70.5 Å². The first-order valence-electron chi connectivity index (χ1n) is 10.7. The Morgan fingerprint density at radius 3 is 2.72 bits per heavy atom. The van der Waals surface area contributed by atoms with E-state index in [0.717, 1.165) is 37.5 Å². The highest BCUT2D eigenvalue weighted by molar-refractivity contribution is 8.20. The van der Waals surface area contributed by atoms with Crippen molar-refractivity contribution in [3.63, 3.8) is 0 Å². The van der Waals surface area contributed by atoms with E-state index >= 15 is 0 Å². The molecule has 4 rings (SSSR count). The molecule has 2 aromatic rings. The van der Waals surface area contributed by atoms with E-state index in [1.165, 1.54) is 32.1 Å². The van der Waals surface area contributed by atoms with Crippen molar-refractivity contribution in [3.8, 4) is 5.75 Å². The Morgan fingerprint density at radius 1 is 1.24 bits per heavy atom. The average molecular weight is 448 g/mol. The van der Waals surface area contributed by atoms with Crippen LogP contribution in [0.5, 0.6) is 5.75 Å². The molecule has 29 heavy (non-hydrogen) atoms. The molecule has 2 aliphatic rings. The number of rotatable bonds is 5. The van der Waals surface area contributed by atoms with Crippen molar-refractivity contribution < 1.29 is 9.53 Å². The van der Waals surface area contributed by atoms with Crippen molar-refractivity contribution in [2.24, 2.45) is 5.92 Å². The number of thioether (sulfide) groups is 2. The lowest BCUT2D eigenvalue weighted by Crippen LogP contribution is -2.17. The van der Waals surface area contributed by atoms with Crippen molar-refractivity contribution >= 4 is 52.6 Å². The summed E-state index contributed by atoms with van der Waals surface area (Å²) in [5, 5.41) is 1.97. The highest BCUT2D eigenvalue weighted by Gasteiger charge is 2.35. The Hall–Kier alpha value is -0.980. The van der Waals surface area contributed by atoms with Gasteiger partial charge < -0.3 is 4.74 Å². The summed E-state index contributed by atoms with van der Waals surface area (Å²) in [5.74, 6) is 1.71. The number of carbonyl (C=O) groups is 1. The summed E-state index contributed by atoms with van der Waals surface area (Å²) in [4.78, 5) is 14.5. The van der Waals surface area contributed by atoms with Gasteiger partial charge >= 0.3 is 0 Å². The third-order valence-electron chi connectivity index (χ3n) is 5.80. The lowest BCUT2D eigenvalue weighted by molar-refractivity contribution is 0.0883. The van der Waals surface area contributed by atoms with Gasteiger partial charge in [-0.2, -0.15) is 0 Å². The smallest absolute Gasteiger partial charge is 0.232 e. The van der Waals surface area contributed by atoms with Crippen LogP contribution in [-0.4, -0.2) is 21.2 Å². The summed E-state index contributed by atoms with van der Waals surface area (Å²) < 4.78 is 8.47. The van der Waals surface area contributed by atoms with Gasteiger partial charge in [0.15, 0.2) is 0 Å². The fourth-order valence-corrected chi connectivity index (χ4v) is 7.60. The van der Waals surface area contributed by atoms with Crippen LogP contribution in [0.4, 0.5) is 0 Å². The standard InChI is InChI=1S/C23H29NO2S3/c1-4-26-16-11-12-18-17(14-16)20(27)21-22(29-23(2,3)28-21)24(18)19(25)13-10-15-8-6-5-7-9-15/h11-12,14-15H,4-10,13H2,1-3H3. The molecule has 3 nitrogen and oxygen atoms in total. The van der Waals surface area contributed by atoms with Gasteiger partial charge in [0.1, 0.15) is 5.75 Å². The normalized spacial score (nSPS) is 18.7. The third kappa shape index (κ3) is 4.40. The SMILES string of the molecule is CCOc1ccc2c(c1)c(=S)c1c(n2C(=O)CCC2CCCCC2)SC(C)(C)S1. The Labute approximate surface area is 187 Å². The molecule has 0 atom stereocenters. The number of fused-ring (bicyclic) bond motifs is 2. The van der Waals surface area contributed by atoms with Crippen molar-refractivity contribution in [3.05, 3.63) is 22.7 Å². The molecule has 1 fully saturated rings. The topological polar surface area (TPSA) is 31.2 Å². The molecule has 0 unspecified atom stereocenters. The minimum absolute atomic E-state index is 0.0264. The number of ether oxygens (including phenoxy) is 1. The van der Waals surface area contributed by atoms with E-state index in [1.54, 1.807) is 23.5 Å². The van der Waals surface area contributed by atoms with E-state index in [1.807, 2.05) is 29.7 Å². The predicted molar refractivity (Wildman–Crippen MR) is 126 cm³/mol. The molecule has 0 N–H and O–H groups in total. The van der Waals surface area contributed by atoms with Crippen LogP contribution in [-0.2, 0) is 0 Å². The quantitative estimate of drug-likeness (QED) is 0.438. The minimum atomic E-state index is -0.0264. The fraction of sp³-hybridized carbons (Fsp3) is 0.565. The predicted octanol–water partition coefficient (Wildman–Crippen LogP) is 7.70. The maximum atomic E-state index is 13.5. The number of nitrogens with zero attached hydrogens (tertiary/aromatic N) is 1. The molecule has 0 bridgehead atoms. The van der Waals surface area contributed by atoms with Gasteiger partial charge in [0.25, 0.3) is 0 Å². The Morgan fingerprint density at radius 2 is 2.00 bits per heavy atom. The summed E-state index contributed by atoms with van der Waals surface area (Å²) >= 11 is 9.40. The summed E-state index contributed by atoms with van der Waals surface area (Å²) in [6, 6.07) is 5.96. The highest BCUT2D eigenvalue weighted by Crippen LogP contribution is 2.56. The van der Waals surface area contributed by atoms with Crippen LogP contribution in [0.3, 0.4) is 0 Å². The van der Waals surface area contributed by atoms with Crippen LogP contribution in [0.2, 0.25) is 0 Å². The summed E-state index contributed by atoms with van der Waals surface area (Å²) in [7, 11) is 0. The average Bonchev–Trinajstić information content (AvgIpc) is 3.03. The maximum Gasteiger partial charge on any atom is 0.232 e. The van der Waals surface area contributed by atoms with Gasteiger partial charge in [-0.1, -0.05) is 56.1 Å².